The van der Waals surface area contributed by atoms with Crippen LogP contribution in [0.2, 0.25) is 30.2 Å². The first-order chi connectivity index (χ1) is 43.0. The lowest BCUT2D eigenvalue weighted by Crippen LogP contribution is -2.83. The van der Waals surface area contributed by atoms with Crippen LogP contribution in [0.1, 0.15) is 327 Å². The van der Waals surface area contributed by atoms with Crippen molar-refractivity contribution in [1.29, 1.82) is 0 Å². The lowest BCUT2D eigenvalue weighted by molar-refractivity contribution is -0.0858. The molecular formula is C78H126N6O6Si4. The number of benzene rings is 4. The van der Waals surface area contributed by atoms with Crippen LogP contribution in [0.3, 0.4) is 0 Å². The molecule has 0 atom stereocenters. The van der Waals surface area contributed by atoms with Crippen LogP contribution in [-0.2, 0) is 25.5 Å². The summed E-state index contributed by atoms with van der Waals surface area (Å²) < 4.78 is 57.0. The van der Waals surface area contributed by atoms with Gasteiger partial charge in [-0.3, -0.25) is 18.3 Å². The molecule has 0 bridgehead atoms. The Bertz CT molecular complexity index is 3180. The zero-order chi connectivity index (χ0) is 71.0. The molecule has 7 rings (SSSR count). The Hall–Kier alpha value is -4.79. The van der Waals surface area contributed by atoms with Gasteiger partial charge in [0.15, 0.2) is 0 Å². The van der Waals surface area contributed by atoms with E-state index in [9.17, 15) is 0 Å². The molecule has 3 heterocycles. The van der Waals surface area contributed by atoms with Gasteiger partial charge in [0.1, 0.15) is 0 Å². The van der Waals surface area contributed by atoms with Gasteiger partial charge in [-0.1, -0.05) is 319 Å². The average molecular weight is 1360 g/mol. The van der Waals surface area contributed by atoms with Gasteiger partial charge in [-0.25, -0.2) is 0 Å². The van der Waals surface area contributed by atoms with Crippen molar-refractivity contribution in [1.82, 2.24) is 18.3 Å². The Labute approximate surface area is 574 Å². The van der Waals surface area contributed by atoms with E-state index in [1.807, 2.05) is 0 Å². The second kappa shape index (κ2) is 27.1. The fraction of sp³-hybridized carbons (Fsp3) is 0.615. The molecule has 1 aliphatic heterocycles. The summed E-state index contributed by atoms with van der Waals surface area (Å²) in [7, 11) is -16.1. The molecule has 0 unspecified atom stereocenters. The number of aromatic nitrogens is 4. The van der Waals surface area contributed by atoms with Gasteiger partial charge < -0.3 is 25.5 Å². The van der Waals surface area contributed by atoms with Crippen LogP contribution in [0.15, 0.2) is 108 Å². The summed E-state index contributed by atoms with van der Waals surface area (Å²) in [5, 5.41) is 8.68. The third-order valence-corrected chi connectivity index (χ3v) is 41.5. The number of para-hydroxylation sites is 4. The fourth-order valence-electron chi connectivity index (χ4n) is 17.5. The molecule has 1 saturated heterocycles. The fourth-order valence-corrected chi connectivity index (χ4v) is 47.4. The van der Waals surface area contributed by atoms with Crippen LogP contribution in [0.5, 0.6) is 0 Å². The maximum atomic E-state index is 8.35. The molecule has 0 N–H and O–H groups in total. The molecule has 0 saturated carbocycles. The largest absolute Gasteiger partial charge is 0.750 e. The average Bonchev–Trinajstić information content (AvgIpc) is 0.821. The second-order valence-electron chi connectivity index (χ2n) is 35.7. The summed E-state index contributed by atoms with van der Waals surface area (Å²) >= 11 is 0. The predicted octanol–water partition coefficient (Wildman–Crippen LogP) is 22.8. The summed E-state index contributed by atoms with van der Waals surface area (Å²) in [6.45, 7) is 78.0. The van der Waals surface area contributed by atoms with Crippen molar-refractivity contribution in [2.24, 2.45) is 10.3 Å². The highest BCUT2D eigenvalue weighted by atomic mass is 28.6. The van der Waals surface area contributed by atoms with Gasteiger partial charge in [0.2, 0.25) is 16.6 Å². The van der Waals surface area contributed by atoms with Gasteiger partial charge in [0.25, 0.3) is 11.2 Å². The molecule has 0 amide bonds. The highest BCUT2D eigenvalue weighted by Crippen LogP contribution is 2.67. The van der Waals surface area contributed by atoms with Crippen LogP contribution >= 0.6 is 0 Å². The molecule has 2 aromatic heterocycles. The van der Waals surface area contributed by atoms with Crippen LogP contribution < -0.4 is 11.2 Å². The molecule has 520 valence electrons. The quantitative estimate of drug-likeness (QED) is 0.0558. The van der Waals surface area contributed by atoms with E-state index >= 15 is 0 Å². The molecule has 16 heteroatoms. The third-order valence-electron chi connectivity index (χ3n) is 19.8. The monoisotopic (exact) mass is 1350 g/mol. The Morgan fingerprint density at radius 3 is 0.596 bits per heavy atom. The van der Waals surface area contributed by atoms with Gasteiger partial charge in [0, 0.05) is 24.8 Å². The van der Waals surface area contributed by atoms with E-state index in [-0.39, 0.29) is 47.3 Å². The second-order valence-corrected chi connectivity index (χ2v) is 53.0. The first kappa shape index (κ1) is 76.6. The third kappa shape index (κ3) is 14.0. The smallest absolute Gasteiger partial charge is 0.382 e. The molecule has 0 radical (unpaired) electrons. The first-order valence-corrected chi connectivity index (χ1v) is 42.4. The van der Waals surface area contributed by atoms with Crippen molar-refractivity contribution in [3.05, 3.63) is 153 Å². The minimum absolute atomic E-state index is 0.181. The van der Waals surface area contributed by atoms with Gasteiger partial charge in [0.05, 0.1) is 22.7 Å². The van der Waals surface area contributed by atoms with Gasteiger partial charge in [-0.2, -0.15) is 0 Å². The van der Waals surface area contributed by atoms with Crippen LogP contribution in [0.4, 0.5) is 0 Å². The molecule has 4 aromatic carbocycles. The normalized spacial score (nSPS) is 17.5. The zero-order valence-electron chi connectivity index (χ0n) is 65.0. The lowest BCUT2D eigenvalue weighted by Gasteiger charge is -2.62. The summed E-state index contributed by atoms with van der Waals surface area (Å²) in [6, 6.07) is 26.8. The minimum atomic E-state index is -4.71. The maximum Gasteiger partial charge on any atom is 0.750 e. The minimum Gasteiger partial charge on any atom is -0.382 e. The Morgan fingerprint density at radius 1 is 0.298 bits per heavy atom. The van der Waals surface area contributed by atoms with Crippen molar-refractivity contribution < 1.29 is 25.5 Å². The standard InChI is InChI=1S/C78H126N6O6Si4/c1-51(2)59-39-35-40-60(52(3)4)67(59)81-47-48-82(68-61(53(5)6)41-36-42-62(68)54(7)8)71(81)79-85-93(87-91(73(17,18)19,74(20,21)22)75(23,24)25)89-94(90-93,88-92(76(26,27)28,77(29,30)31)78(32,33)34)86-80-72-83(69-63(55(9)10)43-37-44-64(69)56(11)12)49-50-84(72)70-65(57(13)14)45-38-46-66(70)58(15)16/h35-58H,1-34H3. The van der Waals surface area contributed by atoms with Crippen molar-refractivity contribution in [2.75, 3.05) is 0 Å². The van der Waals surface area contributed by atoms with Gasteiger partial charge >= 0.3 is 18.1 Å². The predicted molar refractivity (Wildman–Crippen MR) is 402 cm³/mol. The Kier molecular flexibility index (Phi) is 22.1. The van der Waals surface area contributed by atoms with Crippen LogP contribution in [0, 0.1) is 0 Å². The SMILES string of the molecule is CC(C)c1cccc(C(C)C)c1-n1ccn(-c2c(C(C)C)cccc2C(C)C)c1=NO[Si]1(O[Si](C(C)(C)C)(C(C)(C)C)C(C)(C)C)O[Si](ON=c2n(-c3c(C(C)C)cccc3C(C)C)ccn2-c2c(C(C)C)cccc2C(C)C)(O[Si](C(C)(C)C)(C(C)(C)C)C(C)(C)C)O1. The van der Waals surface area contributed by atoms with E-state index in [1.165, 1.54) is 44.5 Å². The van der Waals surface area contributed by atoms with Crippen LogP contribution in [-0.4, -0.2) is 53.0 Å². The molecule has 1 aliphatic rings. The maximum absolute atomic E-state index is 8.35. The molecule has 6 aromatic rings. The molecule has 94 heavy (non-hydrogen) atoms. The summed E-state index contributed by atoms with van der Waals surface area (Å²) in [4.78, 5) is 0. The summed E-state index contributed by atoms with van der Waals surface area (Å²) in [5.74, 6) is 1.45. The topological polar surface area (TPSA) is 99.8 Å². The van der Waals surface area contributed by atoms with E-state index in [0.29, 0.717) is 11.2 Å². The van der Waals surface area contributed by atoms with Gasteiger partial charge in [-0.15, -0.1) is 0 Å². The Balaban J connectivity index is 1.72. The van der Waals surface area contributed by atoms with Crippen LogP contribution in [0.25, 0.3) is 22.7 Å². The van der Waals surface area contributed by atoms with E-state index in [0.717, 1.165) is 22.7 Å². The van der Waals surface area contributed by atoms with E-state index in [1.54, 1.807) is 0 Å². The Morgan fingerprint density at radius 2 is 0.457 bits per heavy atom. The van der Waals surface area contributed by atoms with Crippen molar-refractivity contribution in [3.8, 4) is 22.7 Å². The summed E-state index contributed by atoms with van der Waals surface area (Å²) in [5.41, 5.74) is 14.9. The van der Waals surface area contributed by atoms with E-state index < -0.39 is 65.0 Å². The van der Waals surface area contributed by atoms with Gasteiger partial charge in [-0.05, 0) is 122 Å². The highest BCUT2D eigenvalue weighted by Gasteiger charge is 2.85. The van der Waals surface area contributed by atoms with Crippen molar-refractivity contribution in [2.45, 2.75) is 313 Å². The van der Waals surface area contributed by atoms with Crippen molar-refractivity contribution in [3.63, 3.8) is 0 Å². The molecule has 1 fully saturated rings. The van der Waals surface area contributed by atoms with Crippen molar-refractivity contribution >= 4 is 34.7 Å². The molecule has 12 nitrogen and oxygen atoms in total. The number of hydrogen-bond donors (Lipinski definition) is 0. The lowest BCUT2D eigenvalue weighted by atomic mass is 9.92. The molecule has 0 spiro atoms. The van der Waals surface area contributed by atoms with E-state index in [4.69, 9.17) is 35.8 Å². The molecule has 0 aliphatic carbocycles. The molecular weight excluding hydrogens is 1230 g/mol. The number of rotatable bonds is 20. The number of hydrogen-bond acceptors (Lipinski definition) is 8. The first-order valence-electron chi connectivity index (χ1n) is 35.4. The van der Waals surface area contributed by atoms with E-state index in [2.05, 4.69) is 351 Å². The zero-order valence-corrected chi connectivity index (χ0v) is 69.0. The number of imidazole rings is 2. The number of nitrogens with zero attached hydrogens (tertiary/aromatic N) is 6. The highest BCUT2D eigenvalue weighted by molar-refractivity contribution is 6.96. The summed E-state index contributed by atoms with van der Waals surface area (Å²) in [6.07, 6.45) is 8.62.